The van der Waals surface area contributed by atoms with Gasteiger partial charge in [0.05, 0.1) is 24.2 Å². The number of hydrogen-bond donors (Lipinski definition) is 1. The number of esters is 1. The molecule has 1 aromatic heterocycles. The van der Waals surface area contributed by atoms with Gasteiger partial charge in [-0.3, -0.25) is 4.79 Å². The van der Waals surface area contributed by atoms with Crippen molar-refractivity contribution in [3.05, 3.63) is 71.5 Å². The number of rotatable bonds is 7. The molecule has 1 heterocycles. The molecular weight excluding hydrogens is 394 g/mol. The van der Waals surface area contributed by atoms with E-state index in [1.165, 1.54) is 7.11 Å². The topological polar surface area (TPSA) is 82.4 Å². The van der Waals surface area contributed by atoms with Crippen molar-refractivity contribution in [2.24, 2.45) is 0 Å². The standard InChI is InChI=1S/C24H25N3O4/c1-15-9-12-22(30-3)20(13-15)25-23(28)16(2)31-24(29)21-14-19(17-10-11-17)26-27(21)18-7-5-4-6-8-18/h4-9,12-14,16-17H,10-11H2,1-3H3,(H,25,28)/t16-/m0/s1. The summed E-state index contributed by atoms with van der Waals surface area (Å²) >= 11 is 0. The van der Waals surface area contributed by atoms with Gasteiger partial charge in [0.1, 0.15) is 5.75 Å². The molecule has 1 N–H and O–H groups in total. The number of nitrogens with one attached hydrogen (secondary N) is 1. The highest BCUT2D eigenvalue weighted by Crippen LogP contribution is 2.39. The summed E-state index contributed by atoms with van der Waals surface area (Å²) in [5.41, 5.74) is 3.45. The van der Waals surface area contributed by atoms with Crippen molar-refractivity contribution in [2.45, 2.75) is 38.7 Å². The summed E-state index contributed by atoms with van der Waals surface area (Å²) in [6, 6.07) is 16.7. The summed E-state index contributed by atoms with van der Waals surface area (Å²) in [6.45, 7) is 3.46. The number of hydrogen-bond acceptors (Lipinski definition) is 5. The van der Waals surface area contributed by atoms with Gasteiger partial charge in [-0.05, 0) is 62.6 Å². The molecule has 31 heavy (non-hydrogen) atoms. The average molecular weight is 419 g/mol. The van der Waals surface area contributed by atoms with Gasteiger partial charge in [-0.2, -0.15) is 5.10 Å². The van der Waals surface area contributed by atoms with Gasteiger partial charge in [-0.15, -0.1) is 0 Å². The molecule has 0 aliphatic heterocycles. The fourth-order valence-corrected chi connectivity index (χ4v) is 3.32. The van der Waals surface area contributed by atoms with Crippen molar-refractivity contribution in [3.8, 4) is 11.4 Å². The lowest BCUT2D eigenvalue weighted by Crippen LogP contribution is -2.30. The second kappa shape index (κ2) is 8.63. The van der Waals surface area contributed by atoms with Crippen LogP contribution in [0.25, 0.3) is 5.69 Å². The lowest BCUT2D eigenvalue weighted by Gasteiger charge is -2.16. The van der Waals surface area contributed by atoms with E-state index in [0.717, 1.165) is 29.8 Å². The van der Waals surface area contributed by atoms with Gasteiger partial charge in [0.25, 0.3) is 5.91 Å². The molecule has 2 aromatic carbocycles. The Balaban J connectivity index is 1.51. The highest BCUT2D eigenvalue weighted by atomic mass is 16.5. The number of aryl methyl sites for hydroxylation is 1. The van der Waals surface area contributed by atoms with E-state index in [9.17, 15) is 9.59 Å². The number of carbonyl (C=O) groups is 2. The third kappa shape index (κ3) is 4.60. The number of para-hydroxylation sites is 1. The first-order valence-electron chi connectivity index (χ1n) is 10.3. The minimum absolute atomic E-state index is 0.306. The molecule has 1 amide bonds. The molecule has 0 spiro atoms. The normalized spacial score (nSPS) is 14.0. The summed E-state index contributed by atoms with van der Waals surface area (Å²) in [7, 11) is 1.53. The first-order chi connectivity index (χ1) is 15.0. The van der Waals surface area contributed by atoms with Crippen LogP contribution in [0.4, 0.5) is 5.69 Å². The van der Waals surface area contributed by atoms with E-state index < -0.39 is 18.0 Å². The van der Waals surface area contributed by atoms with E-state index >= 15 is 0 Å². The van der Waals surface area contributed by atoms with Gasteiger partial charge in [-0.25, -0.2) is 9.48 Å². The van der Waals surface area contributed by atoms with Gasteiger partial charge in [0.15, 0.2) is 11.8 Å². The zero-order valence-electron chi connectivity index (χ0n) is 17.8. The van der Waals surface area contributed by atoms with Gasteiger partial charge in [-0.1, -0.05) is 24.3 Å². The van der Waals surface area contributed by atoms with Crippen LogP contribution in [-0.4, -0.2) is 34.9 Å². The van der Waals surface area contributed by atoms with Crippen molar-refractivity contribution < 1.29 is 19.1 Å². The largest absolute Gasteiger partial charge is 0.495 e. The van der Waals surface area contributed by atoms with Gasteiger partial charge in [0.2, 0.25) is 0 Å². The third-order valence-corrected chi connectivity index (χ3v) is 5.20. The number of amides is 1. The minimum Gasteiger partial charge on any atom is -0.495 e. The van der Waals surface area contributed by atoms with Crippen LogP contribution >= 0.6 is 0 Å². The van der Waals surface area contributed by atoms with E-state index in [1.54, 1.807) is 29.8 Å². The zero-order valence-corrected chi connectivity index (χ0v) is 17.8. The predicted octanol–water partition coefficient (Wildman–Crippen LogP) is 4.25. The van der Waals surface area contributed by atoms with Crippen LogP contribution in [0.1, 0.15) is 47.4 Å². The second-order valence-electron chi connectivity index (χ2n) is 7.72. The predicted molar refractivity (Wildman–Crippen MR) is 117 cm³/mol. The molecule has 1 saturated carbocycles. The van der Waals surface area contributed by atoms with Crippen LogP contribution < -0.4 is 10.1 Å². The molecule has 4 rings (SSSR count). The lowest BCUT2D eigenvalue weighted by molar-refractivity contribution is -0.123. The number of methoxy groups -OCH3 is 1. The van der Waals surface area contributed by atoms with E-state index in [0.29, 0.717) is 23.0 Å². The van der Waals surface area contributed by atoms with Crippen molar-refractivity contribution in [3.63, 3.8) is 0 Å². The Hall–Kier alpha value is -3.61. The number of aromatic nitrogens is 2. The quantitative estimate of drug-likeness (QED) is 0.579. The molecule has 0 saturated heterocycles. The molecule has 160 valence electrons. The Morgan fingerprint density at radius 1 is 1.13 bits per heavy atom. The molecule has 1 fully saturated rings. The zero-order chi connectivity index (χ0) is 22.0. The second-order valence-corrected chi connectivity index (χ2v) is 7.72. The first kappa shape index (κ1) is 20.7. The first-order valence-corrected chi connectivity index (χ1v) is 10.3. The van der Waals surface area contributed by atoms with Crippen molar-refractivity contribution in [2.75, 3.05) is 12.4 Å². The molecule has 7 nitrogen and oxygen atoms in total. The number of carbonyl (C=O) groups excluding carboxylic acids is 2. The van der Waals surface area contributed by atoms with Crippen LogP contribution in [0.5, 0.6) is 5.75 Å². The van der Waals surface area contributed by atoms with Crippen LogP contribution in [0.2, 0.25) is 0 Å². The smallest absolute Gasteiger partial charge is 0.357 e. The summed E-state index contributed by atoms with van der Waals surface area (Å²) in [6.07, 6.45) is 1.13. The van der Waals surface area contributed by atoms with Gasteiger partial charge in [0, 0.05) is 5.92 Å². The maximum Gasteiger partial charge on any atom is 0.357 e. The van der Waals surface area contributed by atoms with Gasteiger partial charge < -0.3 is 14.8 Å². The molecule has 7 heteroatoms. The molecule has 1 aliphatic rings. The maximum atomic E-state index is 13.0. The van der Waals surface area contributed by atoms with Crippen molar-refractivity contribution in [1.82, 2.24) is 9.78 Å². The average Bonchev–Trinajstić information content (AvgIpc) is 3.52. The fourth-order valence-electron chi connectivity index (χ4n) is 3.32. The van der Waals surface area contributed by atoms with Crippen LogP contribution in [-0.2, 0) is 9.53 Å². The van der Waals surface area contributed by atoms with Gasteiger partial charge >= 0.3 is 5.97 Å². The minimum atomic E-state index is -0.999. The molecule has 0 unspecified atom stereocenters. The Morgan fingerprint density at radius 2 is 1.87 bits per heavy atom. The van der Waals surface area contributed by atoms with E-state index in [-0.39, 0.29) is 0 Å². The Labute approximate surface area is 181 Å². The van der Waals surface area contributed by atoms with E-state index in [1.807, 2.05) is 43.3 Å². The highest BCUT2D eigenvalue weighted by Gasteiger charge is 2.30. The van der Waals surface area contributed by atoms with Crippen LogP contribution in [0.3, 0.4) is 0 Å². The van der Waals surface area contributed by atoms with Crippen LogP contribution in [0.15, 0.2) is 54.6 Å². The molecule has 1 aliphatic carbocycles. The third-order valence-electron chi connectivity index (χ3n) is 5.20. The Kier molecular flexibility index (Phi) is 5.75. The summed E-state index contributed by atoms with van der Waals surface area (Å²) in [5, 5.41) is 7.39. The van der Waals surface area contributed by atoms with Crippen molar-refractivity contribution >= 4 is 17.6 Å². The van der Waals surface area contributed by atoms with E-state index in [4.69, 9.17) is 9.47 Å². The lowest BCUT2D eigenvalue weighted by atomic mass is 10.2. The number of benzene rings is 2. The SMILES string of the molecule is COc1ccc(C)cc1NC(=O)[C@H](C)OC(=O)c1cc(C2CC2)nn1-c1ccccc1. The van der Waals surface area contributed by atoms with Crippen molar-refractivity contribution in [1.29, 1.82) is 0 Å². The van der Waals surface area contributed by atoms with E-state index in [2.05, 4.69) is 10.4 Å². The summed E-state index contributed by atoms with van der Waals surface area (Å²) in [5.74, 6) is -0.118. The van der Waals surface area contributed by atoms with Crippen LogP contribution in [0, 0.1) is 6.92 Å². The Bertz CT molecular complexity index is 1100. The molecule has 1 atom stereocenters. The number of ether oxygens (including phenoxy) is 2. The summed E-state index contributed by atoms with van der Waals surface area (Å²) < 4.78 is 12.4. The monoisotopic (exact) mass is 419 g/mol. The maximum absolute atomic E-state index is 13.0. The molecule has 3 aromatic rings. The number of anilines is 1. The molecular formula is C24H25N3O4. The fraction of sp³-hybridized carbons (Fsp3) is 0.292. The molecule has 0 radical (unpaired) electrons. The number of nitrogens with zero attached hydrogens (tertiary/aromatic N) is 2. The summed E-state index contributed by atoms with van der Waals surface area (Å²) in [4.78, 5) is 25.6. The highest BCUT2D eigenvalue weighted by molar-refractivity contribution is 5.98. The Morgan fingerprint density at radius 3 is 2.55 bits per heavy atom. The molecule has 0 bridgehead atoms.